The number of carbonyl (C=O) groups is 1. The van der Waals surface area contributed by atoms with Crippen molar-refractivity contribution in [1.29, 1.82) is 0 Å². The van der Waals surface area contributed by atoms with Gasteiger partial charge in [-0.25, -0.2) is 4.39 Å². The summed E-state index contributed by atoms with van der Waals surface area (Å²) in [6, 6.07) is 11.1. The Bertz CT molecular complexity index is 616. The van der Waals surface area contributed by atoms with E-state index in [0.29, 0.717) is 16.9 Å². The number of carbonyl (C=O) groups excluding carboxylic acids is 1. The van der Waals surface area contributed by atoms with E-state index in [2.05, 4.69) is 21.2 Å². The van der Waals surface area contributed by atoms with Crippen LogP contribution in [0.2, 0.25) is 0 Å². The molecule has 2 aromatic rings. The summed E-state index contributed by atoms with van der Waals surface area (Å²) in [5.74, 6) is -0.553. The Morgan fingerprint density at radius 3 is 2.74 bits per heavy atom. The topological polar surface area (TPSA) is 55.1 Å². The molecule has 0 saturated carbocycles. The highest BCUT2D eigenvalue weighted by Crippen LogP contribution is 2.23. The number of anilines is 2. The van der Waals surface area contributed by atoms with E-state index in [-0.39, 0.29) is 18.1 Å². The second-order valence-electron chi connectivity index (χ2n) is 4.09. The standard InChI is InChI=1S/C14H12BrFN2O/c15-12-8-11(4-5-13(12)17)18-14(19)7-9-2-1-3-10(16)6-9/h1-6,8H,7,17H2,(H,18,19). The van der Waals surface area contributed by atoms with E-state index in [1.165, 1.54) is 12.1 Å². The molecular weight excluding hydrogens is 311 g/mol. The third-order valence-electron chi connectivity index (χ3n) is 2.54. The third-order valence-corrected chi connectivity index (χ3v) is 3.22. The van der Waals surface area contributed by atoms with Gasteiger partial charge in [-0.2, -0.15) is 0 Å². The average Bonchev–Trinajstić information content (AvgIpc) is 2.34. The van der Waals surface area contributed by atoms with Gasteiger partial charge in [0, 0.05) is 15.8 Å². The molecule has 98 valence electrons. The smallest absolute Gasteiger partial charge is 0.228 e. The van der Waals surface area contributed by atoms with E-state index in [1.54, 1.807) is 30.3 Å². The number of nitrogens with one attached hydrogen (secondary N) is 1. The highest BCUT2D eigenvalue weighted by atomic mass is 79.9. The van der Waals surface area contributed by atoms with Gasteiger partial charge in [0.1, 0.15) is 5.82 Å². The Morgan fingerprint density at radius 1 is 1.26 bits per heavy atom. The second kappa shape index (κ2) is 5.84. The third kappa shape index (κ3) is 3.79. The summed E-state index contributed by atoms with van der Waals surface area (Å²) < 4.78 is 13.7. The summed E-state index contributed by atoms with van der Waals surface area (Å²) >= 11 is 3.29. The van der Waals surface area contributed by atoms with Crippen LogP contribution in [-0.4, -0.2) is 5.91 Å². The van der Waals surface area contributed by atoms with Gasteiger partial charge >= 0.3 is 0 Å². The summed E-state index contributed by atoms with van der Waals surface area (Å²) in [4.78, 5) is 11.8. The van der Waals surface area contributed by atoms with E-state index < -0.39 is 0 Å². The van der Waals surface area contributed by atoms with Crippen LogP contribution in [0.15, 0.2) is 46.9 Å². The molecule has 2 rings (SSSR count). The molecule has 3 N–H and O–H groups in total. The van der Waals surface area contributed by atoms with Crippen molar-refractivity contribution in [3.63, 3.8) is 0 Å². The Balaban J connectivity index is 2.03. The normalized spacial score (nSPS) is 10.2. The van der Waals surface area contributed by atoms with E-state index in [4.69, 9.17) is 5.73 Å². The van der Waals surface area contributed by atoms with Gasteiger partial charge in [-0.15, -0.1) is 0 Å². The van der Waals surface area contributed by atoms with Crippen molar-refractivity contribution in [2.45, 2.75) is 6.42 Å². The van der Waals surface area contributed by atoms with Gasteiger partial charge < -0.3 is 11.1 Å². The van der Waals surface area contributed by atoms with E-state index >= 15 is 0 Å². The molecule has 3 nitrogen and oxygen atoms in total. The molecule has 0 atom stereocenters. The zero-order valence-electron chi connectivity index (χ0n) is 9.99. The lowest BCUT2D eigenvalue weighted by Gasteiger charge is -2.07. The van der Waals surface area contributed by atoms with Crippen molar-refractivity contribution >= 4 is 33.2 Å². The Morgan fingerprint density at radius 2 is 2.05 bits per heavy atom. The van der Waals surface area contributed by atoms with Gasteiger partial charge in [0.25, 0.3) is 0 Å². The fraction of sp³-hybridized carbons (Fsp3) is 0.0714. The number of nitrogen functional groups attached to an aromatic ring is 1. The van der Waals surface area contributed by atoms with E-state index in [0.717, 1.165) is 4.47 Å². The molecule has 0 aliphatic rings. The molecular formula is C14H12BrFN2O. The maximum Gasteiger partial charge on any atom is 0.228 e. The molecule has 0 aliphatic carbocycles. The van der Waals surface area contributed by atoms with Crippen molar-refractivity contribution in [1.82, 2.24) is 0 Å². The molecule has 0 spiro atoms. The zero-order chi connectivity index (χ0) is 13.8. The lowest BCUT2D eigenvalue weighted by molar-refractivity contribution is -0.115. The van der Waals surface area contributed by atoms with Gasteiger partial charge in [-0.3, -0.25) is 4.79 Å². The number of hydrogen-bond donors (Lipinski definition) is 2. The SMILES string of the molecule is Nc1ccc(NC(=O)Cc2cccc(F)c2)cc1Br. The summed E-state index contributed by atoms with van der Waals surface area (Å²) in [6.45, 7) is 0. The lowest BCUT2D eigenvalue weighted by atomic mass is 10.1. The molecule has 0 heterocycles. The fourth-order valence-electron chi connectivity index (χ4n) is 1.64. The summed E-state index contributed by atoms with van der Waals surface area (Å²) in [5.41, 5.74) is 7.53. The van der Waals surface area contributed by atoms with Crippen molar-refractivity contribution in [2.75, 3.05) is 11.1 Å². The number of halogens is 2. The minimum atomic E-state index is -0.347. The minimum absolute atomic E-state index is 0.125. The van der Waals surface area contributed by atoms with Gasteiger partial charge in [0.05, 0.1) is 6.42 Å². The van der Waals surface area contributed by atoms with Crippen molar-refractivity contribution in [3.05, 3.63) is 58.3 Å². The number of hydrogen-bond acceptors (Lipinski definition) is 2. The molecule has 0 aliphatic heterocycles. The number of amides is 1. The minimum Gasteiger partial charge on any atom is -0.398 e. The van der Waals surface area contributed by atoms with Crippen molar-refractivity contribution in [3.8, 4) is 0 Å². The number of nitrogens with two attached hydrogens (primary N) is 1. The largest absolute Gasteiger partial charge is 0.398 e. The van der Waals surface area contributed by atoms with Crippen LogP contribution in [0.25, 0.3) is 0 Å². The predicted molar refractivity (Wildman–Crippen MR) is 77.3 cm³/mol. The first-order chi connectivity index (χ1) is 9.04. The van der Waals surface area contributed by atoms with Gasteiger partial charge in [-0.1, -0.05) is 12.1 Å². The van der Waals surface area contributed by atoms with Crippen LogP contribution in [0.1, 0.15) is 5.56 Å². The molecule has 19 heavy (non-hydrogen) atoms. The van der Waals surface area contributed by atoms with Gasteiger partial charge in [0.15, 0.2) is 0 Å². The van der Waals surface area contributed by atoms with Gasteiger partial charge in [-0.05, 0) is 51.8 Å². The highest BCUT2D eigenvalue weighted by molar-refractivity contribution is 9.10. The number of benzene rings is 2. The number of rotatable bonds is 3. The first kappa shape index (κ1) is 13.5. The quantitative estimate of drug-likeness (QED) is 0.851. The van der Waals surface area contributed by atoms with Crippen LogP contribution < -0.4 is 11.1 Å². The molecule has 1 amide bonds. The molecule has 0 radical (unpaired) electrons. The molecule has 0 aromatic heterocycles. The second-order valence-corrected chi connectivity index (χ2v) is 4.95. The first-order valence-corrected chi connectivity index (χ1v) is 6.43. The van der Waals surface area contributed by atoms with Crippen molar-refractivity contribution < 1.29 is 9.18 Å². The molecule has 0 unspecified atom stereocenters. The Labute approximate surface area is 118 Å². The molecule has 5 heteroatoms. The monoisotopic (exact) mass is 322 g/mol. The maximum atomic E-state index is 13.0. The Hall–Kier alpha value is -1.88. The molecule has 0 fully saturated rings. The fourth-order valence-corrected chi connectivity index (χ4v) is 2.02. The Kier molecular flexibility index (Phi) is 4.16. The summed E-state index contributed by atoms with van der Waals surface area (Å²) in [6.07, 6.45) is 0.125. The molecule has 0 saturated heterocycles. The lowest BCUT2D eigenvalue weighted by Crippen LogP contribution is -2.14. The molecule has 2 aromatic carbocycles. The van der Waals surface area contributed by atoms with Gasteiger partial charge in [0.2, 0.25) is 5.91 Å². The van der Waals surface area contributed by atoms with Crippen LogP contribution in [0.4, 0.5) is 15.8 Å². The summed E-state index contributed by atoms with van der Waals surface area (Å²) in [7, 11) is 0. The summed E-state index contributed by atoms with van der Waals surface area (Å²) in [5, 5.41) is 2.73. The van der Waals surface area contributed by atoms with E-state index in [9.17, 15) is 9.18 Å². The van der Waals surface area contributed by atoms with E-state index in [1.807, 2.05) is 0 Å². The van der Waals surface area contributed by atoms with Crippen LogP contribution in [0.5, 0.6) is 0 Å². The predicted octanol–water partition coefficient (Wildman–Crippen LogP) is 3.35. The average molecular weight is 323 g/mol. The van der Waals surface area contributed by atoms with Crippen LogP contribution in [-0.2, 0) is 11.2 Å². The first-order valence-electron chi connectivity index (χ1n) is 5.64. The maximum absolute atomic E-state index is 13.0. The molecule has 0 bridgehead atoms. The highest BCUT2D eigenvalue weighted by Gasteiger charge is 2.06. The zero-order valence-corrected chi connectivity index (χ0v) is 11.6. The van der Waals surface area contributed by atoms with Crippen LogP contribution >= 0.6 is 15.9 Å². The van der Waals surface area contributed by atoms with Crippen molar-refractivity contribution in [2.24, 2.45) is 0 Å². The van der Waals surface area contributed by atoms with Crippen LogP contribution in [0, 0.1) is 5.82 Å². The van der Waals surface area contributed by atoms with Crippen LogP contribution in [0.3, 0.4) is 0 Å².